The molecule has 0 spiro atoms. The minimum absolute atomic E-state index is 0.0278. The molecule has 1 fully saturated rings. The lowest BCUT2D eigenvalue weighted by atomic mass is 9.97. The lowest BCUT2D eigenvalue weighted by Gasteiger charge is -2.30. The number of likely N-dealkylation sites (tertiary alicyclic amines) is 1. The molecule has 20 heteroatoms. The maximum atomic E-state index is 13.6. The molecule has 0 aromatic rings. The van der Waals surface area contributed by atoms with Gasteiger partial charge in [0.15, 0.2) is 6.04 Å². The summed E-state index contributed by atoms with van der Waals surface area (Å²) in [5.74, 6) is -7.25. The molecule has 20 nitrogen and oxygen atoms in total. The fourth-order valence-electron chi connectivity index (χ4n) is 5.25. The Bertz CT molecular complexity index is 1280. The molecule has 7 amide bonds. The molecule has 0 saturated carbocycles. The molecule has 1 aliphatic rings. The molecule has 0 aromatic heterocycles. The molecule has 1 aliphatic heterocycles. The predicted octanol–water partition coefficient (Wildman–Crippen LogP) is -4.59. The summed E-state index contributed by atoms with van der Waals surface area (Å²) in [7, 11) is 0. The molecule has 296 valence electrons. The van der Waals surface area contributed by atoms with Crippen molar-refractivity contribution in [1.82, 2.24) is 36.8 Å². The fourth-order valence-corrected chi connectivity index (χ4v) is 5.25. The Morgan fingerprint density at radius 2 is 1.35 bits per heavy atom. The highest BCUT2D eigenvalue weighted by Crippen LogP contribution is 2.21. The van der Waals surface area contributed by atoms with Gasteiger partial charge in [-0.1, -0.05) is 34.1 Å². The Kier molecular flexibility index (Phi) is 19.2. The van der Waals surface area contributed by atoms with Crippen LogP contribution < -0.4 is 37.6 Å². The molecule has 1 heterocycles. The molecule has 0 unspecified atom stereocenters. The molecular weight excluding hydrogens is 688 g/mol. The summed E-state index contributed by atoms with van der Waals surface area (Å²) in [5, 5.41) is 51.8. The van der Waals surface area contributed by atoms with Gasteiger partial charge >= 0.3 is 5.97 Å². The largest absolute Gasteiger partial charge is 0.480 e. The van der Waals surface area contributed by atoms with Crippen LogP contribution in [-0.2, 0) is 38.4 Å². The van der Waals surface area contributed by atoms with Crippen molar-refractivity contribution in [2.75, 3.05) is 26.2 Å². The Morgan fingerprint density at radius 3 is 1.87 bits per heavy atom. The van der Waals surface area contributed by atoms with E-state index in [2.05, 4.69) is 26.6 Å². The van der Waals surface area contributed by atoms with Crippen LogP contribution in [0.3, 0.4) is 0 Å². The summed E-state index contributed by atoms with van der Waals surface area (Å²) in [6, 6.07) is -7.63. The number of carboxylic acid groups (broad SMARTS) is 1. The van der Waals surface area contributed by atoms with Gasteiger partial charge in [0, 0.05) is 6.54 Å². The van der Waals surface area contributed by atoms with E-state index in [1.807, 2.05) is 33.0 Å². The van der Waals surface area contributed by atoms with Gasteiger partial charge in [-0.25, -0.2) is 4.79 Å². The number of hydrogen-bond donors (Lipinski definition) is 11. The Hall–Kier alpha value is -4.40. The highest BCUT2D eigenvalue weighted by Gasteiger charge is 2.39. The number of aliphatic hydroxyl groups is 3. The maximum absolute atomic E-state index is 13.6. The van der Waals surface area contributed by atoms with Crippen molar-refractivity contribution in [2.24, 2.45) is 17.6 Å². The molecule has 1 saturated heterocycles. The van der Waals surface area contributed by atoms with Crippen LogP contribution in [0.15, 0.2) is 0 Å². The number of amides is 7. The predicted molar refractivity (Wildman–Crippen MR) is 183 cm³/mol. The average Bonchev–Trinajstić information content (AvgIpc) is 3.57. The second kappa shape index (κ2) is 21.8. The van der Waals surface area contributed by atoms with Crippen molar-refractivity contribution in [1.29, 1.82) is 0 Å². The van der Waals surface area contributed by atoms with Gasteiger partial charge < -0.3 is 63.0 Å². The third-order valence-electron chi connectivity index (χ3n) is 8.53. The smallest absolute Gasteiger partial charge is 0.328 e. The van der Waals surface area contributed by atoms with Crippen molar-refractivity contribution in [3.63, 3.8) is 0 Å². The lowest BCUT2D eigenvalue weighted by molar-refractivity contribution is -0.145. The SMILES string of the molecule is CC[C@H](C)[C@H](N)C(=O)N[C@@H](CC(C)C)C(=O)N1CCC[C@H]1C(=O)NCC(=O)N[C@H](C(=O)NCC(=O)N[C@@H](CO)C(=O)N[C@H](C(=O)O)[C@@H](C)O)[C@@H](C)O. The second-order valence-corrected chi connectivity index (χ2v) is 13.4. The van der Waals surface area contributed by atoms with Crippen molar-refractivity contribution in [3.8, 4) is 0 Å². The summed E-state index contributed by atoms with van der Waals surface area (Å²) >= 11 is 0. The fraction of sp³-hybridized carbons (Fsp3) is 0.750. The highest BCUT2D eigenvalue weighted by molar-refractivity contribution is 5.96. The third-order valence-corrected chi connectivity index (χ3v) is 8.53. The van der Waals surface area contributed by atoms with Crippen LogP contribution >= 0.6 is 0 Å². The van der Waals surface area contributed by atoms with Gasteiger partial charge in [-0.05, 0) is 44.9 Å². The van der Waals surface area contributed by atoms with Crippen LogP contribution in [0.1, 0.15) is 67.2 Å². The summed E-state index contributed by atoms with van der Waals surface area (Å²) in [4.78, 5) is 102. The number of rotatable bonds is 21. The Morgan fingerprint density at radius 1 is 0.769 bits per heavy atom. The molecule has 12 N–H and O–H groups in total. The first-order chi connectivity index (χ1) is 24.2. The van der Waals surface area contributed by atoms with Crippen LogP contribution in [0.2, 0.25) is 0 Å². The van der Waals surface area contributed by atoms with E-state index in [0.29, 0.717) is 25.7 Å². The van der Waals surface area contributed by atoms with Crippen LogP contribution in [0.5, 0.6) is 0 Å². The first-order valence-electron chi connectivity index (χ1n) is 17.3. The molecule has 0 radical (unpaired) electrons. The van der Waals surface area contributed by atoms with Crippen molar-refractivity contribution in [2.45, 2.75) is 116 Å². The summed E-state index contributed by atoms with van der Waals surface area (Å²) in [6.45, 7) is 7.66. The van der Waals surface area contributed by atoms with E-state index in [9.17, 15) is 53.7 Å². The van der Waals surface area contributed by atoms with Crippen LogP contribution in [0, 0.1) is 11.8 Å². The molecule has 0 aromatic carbocycles. The monoisotopic (exact) mass is 744 g/mol. The standard InChI is InChI=1S/C32H56N8O12/c1-7-16(4)24(33)29(48)37-19(11-15(2)3)31(50)40-10-8-9-21(40)28(47)34-13-23(45)38-25(17(5)42)30(49)35-12-22(44)36-20(14-41)27(46)39-26(18(6)43)32(51)52/h15-21,24-26,41-43H,7-14,33H2,1-6H3,(H,34,47)(H,35,49)(H,36,44)(H,37,48)(H,38,45)(H,39,46)(H,51,52)/t16-,17+,18+,19-,20-,21-,24-,25-,26-/m0/s1. The minimum Gasteiger partial charge on any atom is -0.480 e. The highest BCUT2D eigenvalue weighted by atomic mass is 16.4. The van der Waals surface area contributed by atoms with Crippen molar-refractivity contribution < 1.29 is 58.8 Å². The van der Waals surface area contributed by atoms with Gasteiger partial charge in [0.05, 0.1) is 37.9 Å². The minimum atomic E-state index is -1.72. The molecule has 0 aliphatic carbocycles. The number of aliphatic hydroxyl groups excluding tert-OH is 3. The molecule has 9 atom stereocenters. The number of carboxylic acids is 1. The first-order valence-corrected chi connectivity index (χ1v) is 17.3. The molecule has 0 bridgehead atoms. The van der Waals surface area contributed by atoms with E-state index in [4.69, 9.17) is 10.8 Å². The van der Waals surface area contributed by atoms with Crippen LogP contribution in [-0.4, -0.2) is 147 Å². The maximum Gasteiger partial charge on any atom is 0.328 e. The quantitative estimate of drug-likeness (QED) is 0.0528. The third kappa shape index (κ3) is 14.3. The average molecular weight is 745 g/mol. The Balaban J connectivity index is 2.79. The van der Waals surface area contributed by atoms with Gasteiger partial charge in [0.25, 0.3) is 0 Å². The summed E-state index contributed by atoms with van der Waals surface area (Å²) in [6.07, 6.45) is -1.20. The van der Waals surface area contributed by atoms with Gasteiger partial charge in [0.2, 0.25) is 41.4 Å². The normalized spacial score (nSPS) is 18.8. The van der Waals surface area contributed by atoms with Crippen LogP contribution in [0.4, 0.5) is 0 Å². The number of hydrogen-bond acceptors (Lipinski definition) is 12. The van der Waals surface area contributed by atoms with Gasteiger partial charge in [0.1, 0.15) is 24.2 Å². The van der Waals surface area contributed by atoms with Crippen LogP contribution in [0.25, 0.3) is 0 Å². The second-order valence-electron chi connectivity index (χ2n) is 13.4. The first kappa shape index (κ1) is 45.6. The topological polar surface area (TPSA) is 319 Å². The number of nitrogens with one attached hydrogen (secondary N) is 6. The molecule has 52 heavy (non-hydrogen) atoms. The summed E-state index contributed by atoms with van der Waals surface area (Å²) < 4.78 is 0. The molecule has 1 rings (SSSR count). The van der Waals surface area contributed by atoms with E-state index in [1.165, 1.54) is 11.8 Å². The van der Waals surface area contributed by atoms with E-state index < -0.39 is 115 Å². The molecular formula is C32H56N8O12. The van der Waals surface area contributed by atoms with E-state index >= 15 is 0 Å². The van der Waals surface area contributed by atoms with E-state index in [-0.39, 0.29) is 18.4 Å². The van der Waals surface area contributed by atoms with E-state index in [1.54, 1.807) is 0 Å². The van der Waals surface area contributed by atoms with Gasteiger partial charge in [-0.2, -0.15) is 0 Å². The Labute approximate surface area is 302 Å². The lowest BCUT2D eigenvalue weighted by Crippen LogP contribution is -2.58. The number of carbonyl (C=O) groups is 8. The van der Waals surface area contributed by atoms with Gasteiger partial charge in [-0.3, -0.25) is 33.6 Å². The van der Waals surface area contributed by atoms with Gasteiger partial charge in [-0.15, -0.1) is 0 Å². The zero-order chi connectivity index (χ0) is 39.9. The zero-order valence-electron chi connectivity index (χ0n) is 30.5. The number of nitrogens with two attached hydrogens (primary N) is 1. The van der Waals surface area contributed by atoms with E-state index in [0.717, 1.165) is 6.92 Å². The number of aliphatic carboxylic acids is 1. The summed E-state index contributed by atoms with van der Waals surface area (Å²) in [5.41, 5.74) is 6.07. The number of nitrogens with zero attached hydrogens (tertiary/aromatic N) is 1. The number of carbonyl (C=O) groups excluding carboxylic acids is 7. The van der Waals surface area contributed by atoms with Crippen molar-refractivity contribution >= 4 is 47.3 Å². The van der Waals surface area contributed by atoms with Crippen molar-refractivity contribution in [3.05, 3.63) is 0 Å². The zero-order valence-corrected chi connectivity index (χ0v) is 30.5.